The Hall–Kier alpha value is -1.33. The summed E-state index contributed by atoms with van der Waals surface area (Å²) in [5.41, 5.74) is 3.43. The van der Waals surface area contributed by atoms with E-state index in [1.807, 2.05) is 24.0 Å². The summed E-state index contributed by atoms with van der Waals surface area (Å²) in [6.45, 7) is 0. The molecule has 108 valence electrons. The molecule has 0 bridgehead atoms. The van der Waals surface area contributed by atoms with Crippen molar-refractivity contribution in [2.45, 2.75) is 38.0 Å². The third-order valence-corrected chi connectivity index (χ3v) is 5.50. The first kappa shape index (κ1) is 13.3. The van der Waals surface area contributed by atoms with E-state index in [2.05, 4.69) is 28.8 Å². The fraction of sp³-hybridized carbons (Fsp3) is 0.375. The van der Waals surface area contributed by atoms with Crippen LogP contribution >= 0.6 is 24.2 Å². The topological polar surface area (TPSA) is 30.7 Å². The van der Waals surface area contributed by atoms with Crippen LogP contribution in [0.2, 0.25) is 0 Å². The van der Waals surface area contributed by atoms with Gasteiger partial charge in [-0.05, 0) is 30.4 Å². The van der Waals surface area contributed by atoms with E-state index in [9.17, 15) is 0 Å². The van der Waals surface area contributed by atoms with Crippen LogP contribution in [0, 0.1) is 0 Å². The molecular formula is C16H17N3S2. The summed E-state index contributed by atoms with van der Waals surface area (Å²) in [6, 6.07) is 2.31. The molecule has 0 aromatic carbocycles. The molecule has 0 amide bonds. The molecule has 1 saturated carbocycles. The zero-order valence-corrected chi connectivity index (χ0v) is 13.4. The molecule has 0 unspecified atom stereocenters. The Labute approximate surface area is 133 Å². The second-order valence-corrected chi connectivity index (χ2v) is 7.02. The highest BCUT2D eigenvalue weighted by Gasteiger charge is 2.19. The predicted octanol–water partition coefficient (Wildman–Crippen LogP) is 4.90. The van der Waals surface area contributed by atoms with Crippen LogP contribution in [0.3, 0.4) is 0 Å². The second kappa shape index (κ2) is 5.46. The quantitative estimate of drug-likeness (QED) is 0.682. The lowest BCUT2D eigenvalue weighted by Crippen LogP contribution is -2.04. The van der Waals surface area contributed by atoms with Crippen molar-refractivity contribution >= 4 is 35.2 Å². The highest BCUT2D eigenvalue weighted by atomic mass is 32.1. The van der Waals surface area contributed by atoms with E-state index in [1.165, 1.54) is 43.1 Å². The van der Waals surface area contributed by atoms with E-state index >= 15 is 0 Å². The molecule has 3 aromatic heterocycles. The molecule has 1 fully saturated rings. The maximum atomic E-state index is 4.65. The van der Waals surface area contributed by atoms with Crippen LogP contribution in [0.25, 0.3) is 21.6 Å². The van der Waals surface area contributed by atoms with E-state index < -0.39 is 0 Å². The van der Waals surface area contributed by atoms with Gasteiger partial charge in [-0.15, -0.1) is 11.3 Å². The number of pyridine rings is 1. The lowest BCUT2D eigenvalue weighted by Gasteiger charge is -2.21. The van der Waals surface area contributed by atoms with Crippen molar-refractivity contribution in [3.05, 3.63) is 35.6 Å². The molecule has 0 saturated heterocycles. The van der Waals surface area contributed by atoms with Gasteiger partial charge in [0, 0.05) is 34.9 Å². The molecule has 1 aliphatic rings. The van der Waals surface area contributed by atoms with E-state index in [0.29, 0.717) is 5.92 Å². The van der Waals surface area contributed by atoms with Crippen LogP contribution in [-0.2, 0) is 0 Å². The molecule has 3 heterocycles. The molecular weight excluding hydrogens is 298 g/mol. The SMILES string of the molecule is Sn1cc(-c2nccs2)c2cc(C3CCCCC3)cnc21. The number of fused-ring (bicyclic) bond motifs is 1. The van der Waals surface area contributed by atoms with Gasteiger partial charge in [0.05, 0.1) is 0 Å². The molecule has 0 aliphatic heterocycles. The molecule has 0 N–H and O–H groups in total. The van der Waals surface area contributed by atoms with Gasteiger partial charge < -0.3 is 0 Å². The number of thiol groups is 1. The fourth-order valence-corrected chi connectivity index (χ4v) is 4.23. The lowest BCUT2D eigenvalue weighted by molar-refractivity contribution is 0.443. The van der Waals surface area contributed by atoms with Crippen molar-refractivity contribution in [3.63, 3.8) is 0 Å². The standard InChI is InChI=1S/C16H17N3S2/c20-19-10-14(16-17-6-7-21-16)13-8-12(9-18-15(13)19)11-4-2-1-3-5-11/h6-11,20H,1-5H2. The first-order chi connectivity index (χ1) is 10.3. The van der Waals surface area contributed by atoms with Gasteiger partial charge in [0.15, 0.2) is 0 Å². The van der Waals surface area contributed by atoms with Crippen LogP contribution in [-0.4, -0.2) is 13.9 Å². The average Bonchev–Trinajstić information content (AvgIpc) is 3.16. The number of nitrogens with zero attached hydrogens (tertiary/aromatic N) is 3. The minimum absolute atomic E-state index is 0.670. The highest BCUT2D eigenvalue weighted by molar-refractivity contribution is 7.78. The highest BCUT2D eigenvalue weighted by Crippen LogP contribution is 2.36. The largest absolute Gasteiger partial charge is 0.277 e. The van der Waals surface area contributed by atoms with Crippen molar-refractivity contribution in [3.8, 4) is 10.6 Å². The van der Waals surface area contributed by atoms with E-state index in [-0.39, 0.29) is 0 Å². The summed E-state index contributed by atoms with van der Waals surface area (Å²) in [7, 11) is 0. The van der Waals surface area contributed by atoms with Gasteiger partial charge in [0.1, 0.15) is 10.7 Å². The Balaban J connectivity index is 1.84. The minimum Gasteiger partial charge on any atom is -0.277 e. The van der Waals surface area contributed by atoms with E-state index in [1.54, 1.807) is 15.3 Å². The van der Waals surface area contributed by atoms with Crippen molar-refractivity contribution in [1.82, 2.24) is 13.9 Å². The van der Waals surface area contributed by atoms with Crippen molar-refractivity contribution in [1.29, 1.82) is 0 Å². The molecule has 0 atom stereocenters. The average molecular weight is 315 g/mol. The zero-order valence-electron chi connectivity index (χ0n) is 11.7. The first-order valence-corrected chi connectivity index (χ1v) is 8.71. The van der Waals surface area contributed by atoms with Gasteiger partial charge >= 0.3 is 0 Å². The third-order valence-electron chi connectivity index (χ3n) is 4.39. The monoisotopic (exact) mass is 315 g/mol. The number of thiazole rings is 1. The molecule has 3 nitrogen and oxygen atoms in total. The predicted molar refractivity (Wildman–Crippen MR) is 91.1 cm³/mol. The van der Waals surface area contributed by atoms with Crippen LogP contribution in [0.1, 0.15) is 43.6 Å². The summed E-state index contributed by atoms with van der Waals surface area (Å²) in [5, 5.41) is 4.22. The maximum Gasteiger partial charge on any atom is 0.150 e. The summed E-state index contributed by atoms with van der Waals surface area (Å²) < 4.78 is 1.80. The van der Waals surface area contributed by atoms with Gasteiger partial charge in [-0.3, -0.25) is 3.97 Å². The number of hydrogen-bond donors (Lipinski definition) is 1. The second-order valence-electron chi connectivity index (χ2n) is 5.70. The lowest BCUT2D eigenvalue weighted by atomic mass is 9.84. The Morgan fingerprint density at radius 2 is 2.05 bits per heavy atom. The third kappa shape index (κ3) is 2.38. The van der Waals surface area contributed by atoms with Gasteiger partial charge in [-0.2, -0.15) is 0 Å². The van der Waals surface area contributed by atoms with Gasteiger partial charge in [0.25, 0.3) is 0 Å². The molecule has 0 radical (unpaired) electrons. The summed E-state index contributed by atoms with van der Waals surface area (Å²) in [6.07, 6.45) is 12.6. The number of aromatic nitrogens is 3. The molecule has 21 heavy (non-hydrogen) atoms. The summed E-state index contributed by atoms with van der Waals surface area (Å²) in [5.74, 6) is 0.670. The molecule has 4 rings (SSSR count). The Morgan fingerprint density at radius 1 is 1.19 bits per heavy atom. The minimum atomic E-state index is 0.670. The van der Waals surface area contributed by atoms with Crippen LogP contribution in [0.15, 0.2) is 30.0 Å². The Morgan fingerprint density at radius 3 is 2.81 bits per heavy atom. The van der Waals surface area contributed by atoms with Gasteiger partial charge in [-0.25, -0.2) is 9.97 Å². The van der Waals surface area contributed by atoms with Crippen molar-refractivity contribution < 1.29 is 0 Å². The fourth-order valence-electron chi connectivity index (χ4n) is 3.29. The van der Waals surface area contributed by atoms with Crippen molar-refractivity contribution in [2.75, 3.05) is 0 Å². The number of hydrogen-bond acceptors (Lipinski definition) is 4. The molecule has 1 aliphatic carbocycles. The van der Waals surface area contributed by atoms with Gasteiger partial charge in [0.2, 0.25) is 0 Å². The Kier molecular flexibility index (Phi) is 3.47. The van der Waals surface area contributed by atoms with Crippen LogP contribution < -0.4 is 0 Å². The first-order valence-electron chi connectivity index (χ1n) is 7.43. The Bertz CT molecular complexity index is 755. The van der Waals surface area contributed by atoms with Crippen LogP contribution in [0.5, 0.6) is 0 Å². The normalized spacial score (nSPS) is 16.6. The van der Waals surface area contributed by atoms with Gasteiger partial charge in [-0.1, -0.05) is 32.1 Å². The smallest absolute Gasteiger partial charge is 0.150 e. The summed E-state index contributed by atoms with van der Waals surface area (Å²) in [4.78, 5) is 9.09. The molecule has 5 heteroatoms. The molecule has 3 aromatic rings. The summed E-state index contributed by atoms with van der Waals surface area (Å²) >= 11 is 6.15. The van der Waals surface area contributed by atoms with Crippen LogP contribution in [0.4, 0.5) is 0 Å². The zero-order chi connectivity index (χ0) is 14.2. The van der Waals surface area contributed by atoms with E-state index in [0.717, 1.165) is 16.2 Å². The number of rotatable bonds is 2. The van der Waals surface area contributed by atoms with Crippen molar-refractivity contribution in [2.24, 2.45) is 0 Å². The van der Waals surface area contributed by atoms with E-state index in [4.69, 9.17) is 0 Å². The molecule has 0 spiro atoms. The maximum absolute atomic E-state index is 4.65.